The van der Waals surface area contributed by atoms with Crippen molar-refractivity contribution >= 4 is 5.97 Å². The number of hydrogen-bond donors (Lipinski definition) is 1. The lowest BCUT2D eigenvalue weighted by molar-refractivity contribution is 0.0592. The molecule has 0 aromatic carbocycles. The summed E-state index contributed by atoms with van der Waals surface area (Å²) in [5.74, 6) is -0.864. The second-order valence-corrected chi connectivity index (χ2v) is 3.03. The number of pyridine rings is 1. The van der Waals surface area contributed by atoms with Gasteiger partial charge in [0.05, 0.1) is 18.4 Å². The summed E-state index contributed by atoms with van der Waals surface area (Å²) in [4.78, 5) is 14.9. The number of carbonyl (C=O) groups excluding carboxylic acids is 1. The molecule has 1 heterocycles. The Labute approximate surface area is 95.8 Å². The molecule has 0 spiro atoms. The maximum atomic E-state index is 12.6. The molecule has 0 saturated heterocycles. The van der Waals surface area contributed by atoms with Gasteiger partial charge in [0.25, 0.3) is 6.43 Å². The molecular formula is C10H9F2N3O2. The fourth-order valence-electron chi connectivity index (χ4n) is 1.26. The van der Waals surface area contributed by atoms with Gasteiger partial charge < -0.3 is 10.5 Å². The summed E-state index contributed by atoms with van der Waals surface area (Å²) >= 11 is 0. The van der Waals surface area contributed by atoms with E-state index in [0.717, 1.165) is 13.2 Å². The summed E-state index contributed by atoms with van der Waals surface area (Å²) in [6, 6.07) is 2.53. The van der Waals surface area contributed by atoms with Gasteiger partial charge in [-0.1, -0.05) is 0 Å². The van der Waals surface area contributed by atoms with Crippen LogP contribution in [0.3, 0.4) is 0 Å². The topological polar surface area (TPSA) is 89.0 Å². The molecule has 5 nitrogen and oxygen atoms in total. The van der Waals surface area contributed by atoms with E-state index in [1.165, 1.54) is 0 Å². The van der Waals surface area contributed by atoms with E-state index in [-0.39, 0.29) is 23.5 Å². The molecule has 2 N–H and O–H groups in total. The van der Waals surface area contributed by atoms with Crippen molar-refractivity contribution in [1.29, 1.82) is 5.26 Å². The van der Waals surface area contributed by atoms with Crippen molar-refractivity contribution in [2.75, 3.05) is 7.11 Å². The minimum Gasteiger partial charge on any atom is -0.464 e. The van der Waals surface area contributed by atoms with Crippen LogP contribution >= 0.6 is 0 Å². The minimum absolute atomic E-state index is 0.126. The first kappa shape index (κ1) is 13.0. The Morgan fingerprint density at radius 3 is 2.76 bits per heavy atom. The number of rotatable bonds is 3. The monoisotopic (exact) mass is 241 g/mol. The minimum atomic E-state index is -2.81. The number of carbonyl (C=O) groups is 1. The molecule has 1 aromatic rings. The van der Waals surface area contributed by atoms with Gasteiger partial charge >= 0.3 is 5.97 Å². The molecule has 0 amide bonds. The number of halogens is 2. The van der Waals surface area contributed by atoms with E-state index in [4.69, 9.17) is 11.0 Å². The molecule has 7 heteroatoms. The number of nitrogens with two attached hydrogens (primary N) is 1. The number of nitriles is 1. The lowest BCUT2D eigenvalue weighted by atomic mass is 10.1. The van der Waals surface area contributed by atoms with Crippen molar-refractivity contribution in [2.45, 2.75) is 13.0 Å². The van der Waals surface area contributed by atoms with Crippen LogP contribution in [0.1, 0.15) is 33.7 Å². The van der Waals surface area contributed by atoms with Crippen LogP contribution in [0.5, 0.6) is 0 Å². The predicted octanol–water partition coefficient (Wildman–Crippen LogP) is 1.14. The second-order valence-electron chi connectivity index (χ2n) is 3.03. The molecule has 0 unspecified atom stereocenters. The van der Waals surface area contributed by atoms with E-state index >= 15 is 0 Å². The van der Waals surface area contributed by atoms with E-state index in [1.807, 2.05) is 0 Å². The zero-order valence-corrected chi connectivity index (χ0v) is 8.91. The number of ether oxygens (including phenoxy) is 1. The molecule has 0 bridgehead atoms. The van der Waals surface area contributed by atoms with Gasteiger partial charge in [0, 0.05) is 12.1 Å². The van der Waals surface area contributed by atoms with E-state index in [2.05, 4.69) is 9.72 Å². The highest BCUT2D eigenvalue weighted by Crippen LogP contribution is 2.24. The third-order valence-corrected chi connectivity index (χ3v) is 2.06. The van der Waals surface area contributed by atoms with Crippen LogP contribution in [-0.2, 0) is 11.3 Å². The number of esters is 1. The summed E-state index contributed by atoms with van der Waals surface area (Å²) in [5, 5.41) is 8.76. The summed E-state index contributed by atoms with van der Waals surface area (Å²) in [6.07, 6.45) is -2.81. The van der Waals surface area contributed by atoms with Gasteiger partial charge in [0.1, 0.15) is 6.07 Å². The molecule has 1 rings (SSSR count). The highest BCUT2D eigenvalue weighted by Gasteiger charge is 2.21. The van der Waals surface area contributed by atoms with E-state index < -0.39 is 18.0 Å². The van der Waals surface area contributed by atoms with E-state index in [9.17, 15) is 13.6 Å². The SMILES string of the molecule is COC(=O)c1nc(CN)c(C(F)F)cc1C#N. The first-order chi connectivity index (χ1) is 8.04. The van der Waals surface area contributed by atoms with Crippen LogP contribution in [-0.4, -0.2) is 18.1 Å². The molecule has 0 aliphatic heterocycles. The first-order valence-electron chi connectivity index (χ1n) is 4.55. The van der Waals surface area contributed by atoms with Gasteiger partial charge in [0.15, 0.2) is 5.69 Å². The summed E-state index contributed by atoms with van der Waals surface area (Å²) < 4.78 is 29.6. The maximum absolute atomic E-state index is 12.6. The predicted molar refractivity (Wildman–Crippen MR) is 53.1 cm³/mol. The van der Waals surface area contributed by atoms with E-state index in [1.54, 1.807) is 6.07 Å². The summed E-state index contributed by atoms with van der Waals surface area (Å²) in [7, 11) is 1.11. The van der Waals surface area contributed by atoms with Crippen LogP contribution in [0.15, 0.2) is 6.07 Å². The normalized spacial score (nSPS) is 10.1. The molecule has 0 aliphatic rings. The second kappa shape index (κ2) is 5.32. The van der Waals surface area contributed by atoms with Crippen LogP contribution in [0.2, 0.25) is 0 Å². The third kappa shape index (κ3) is 2.54. The van der Waals surface area contributed by atoms with Gasteiger partial charge in [-0.3, -0.25) is 0 Å². The third-order valence-electron chi connectivity index (χ3n) is 2.06. The Hall–Kier alpha value is -2.07. The molecule has 0 fully saturated rings. The van der Waals surface area contributed by atoms with Crippen LogP contribution in [0.4, 0.5) is 8.78 Å². The quantitative estimate of drug-likeness (QED) is 0.801. The summed E-state index contributed by atoms with van der Waals surface area (Å²) in [6.45, 7) is -0.255. The van der Waals surface area contributed by atoms with Crippen molar-refractivity contribution in [1.82, 2.24) is 4.98 Å². The fourth-order valence-corrected chi connectivity index (χ4v) is 1.26. The summed E-state index contributed by atoms with van der Waals surface area (Å²) in [5.41, 5.74) is 4.12. The van der Waals surface area contributed by atoms with E-state index in [0.29, 0.717) is 0 Å². The fraction of sp³-hybridized carbons (Fsp3) is 0.300. The van der Waals surface area contributed by atoms with Crippen LogP contribution < -0.4 is 5.73 Å². The number of nitrogens with zero attached hydrogens (tertiary/aromatic N) is 2. The lowest BCUT2D eigenvalue weighted by Crippen LogP contribution is -2.14. The molecular weight excluding hydrogens is 232 g/mol. The Kier molecular flexibility index (Phi) is 4.06. The lowest BCUT2D eigenvalue weighted by Gasteiger charge is -2.09. The van der Waals surface area contributed by atoms with Gasteiger partial charge in [-0.05, 0) is 6.07 Å². The van der Waals surface area contributed by atoms with Crippen molar-refractivity contribution in [3.8, 4) is 6.07 Å². The average Bonchev–Trinajstić information content (AvgIpc) is 2.35. The standard InChI is InChI=1S/C10H9F2N3O2/c1-17-10(16)8-5(3-13)2-6(9(11)12)7(4-14)15-8/h2,9H,4,14H2,1H3. The Morgan fingerprint density at radius 2 is 2.35 bits per heavy atom. The molecule has 0 atom stereocenters. The van der Waals surface area contributed by atoms with Gasteiger partial charge in [0.2, 0.25) is 0 Å². The number of methoxy groups -OCH3 is 1. The Bertz CT molecular complexity index is 483. The number of alkyl halides is 2. The average molecular weight is 241 g/mol. The zero-order chi connectivity index (χ0) is 13.0. The molecule has 0 radical (unpaired) electrons. The smallest absolute Gasteiger partial charge is 0.358 e. The number of aromatic nitrogens is 1. The van der Waals surface area contributed by atoms with Crippen molar-refractivity contribution in [3.05, 3.63) is 28.6 Å². The largest absolute Gasteiger partial charge is 0.464 e. The molecule has 17 heavy (non-hydrogen) atoms. The van der Waals surface area contributed by atoms with Gasteiger partial charge in [-0.2, -0.15) is 5.26 Å². The van der Waals surface area contributed by atoms with Gasteiger partial charge in [-0.25, -0.2) is 18.6 Å². The molecule has 0 saturated carbocycles. The van der Waals surface area contributed by atoms with Crippen molar-refractivity contribution in [2.24, 2.45) is 5.73 Å². The Morgan fingerprint density at radius 1 is 1.71 bits per heavy atom. The van der Waals surface area contributed by atoms with Crippen LogP contribution in [0, 0.1) is 11.3 Å². The van der Waals surface area contributed by atoms with Gasteiger partial charge in [-0.15, -0.1) is 0 Å². The van der Waals surface area contributed by atoms with Crippen LogP contribution in [0.25, 0.3) is 0 Å². The first-order valence-corrected chi connectivity index (χ1v) is 4.55. The molecule has 0 aliphatic carbocycles. The van der Waals surface area contributed by atoms with Crippen molar-refractivity contribution in [3.63, 3.8) is 0 Å². The van der Waals surface area contributed by atoms with Crippen molar-refractivity contribution < 1.29 is 18.3 Å². The highest BCUT2D eigenvalue weighted by atomic mass is 19.3. The zero-order valence-electron chi connectivity index (χ0n) is 8.91. The highest BCUT2D eigenvalue weighted by molar-refractivity contribution is 5.90. The Balaban J connectivity index is 3.44. The maximum Gasteiger partial charge on any atom is 0.358 e. The number of hydrogen-bond acceptors (Lipinski definition) is 5. The molecule has 1 aromatic heterocycles. The molecule has 90 valence electrons.